The molecular weight excluding hydrogens is 399 g/mol. The Hall–Kier alpha value is -3.00. The lowest BCUT2D eigenvalue weighted by Crippen LogP contribution is -2.36. The molecule has 0 unspecified atom stereocenters. The third-order valence-corrected chi connectivity index (χ3v) is 3.81. The van der Waals surface area contributed by atoms with Crippen molar-refractivity contribution in [2.24, 2.45) is 0 Å². The molecule has 29 heavy (non-hydrogen) atoms. The third-order valence-electron chi connectivity index (χ3n) is 3.81. The Morgan fingerprint density at radius 2 is 1.97 bits per heavy atom. The molecule has 1 aromatic carbocycles. The second kappa shape index (κ2) is 9.47. The van der Waals surface area contributed by atoms with Crippen molar-refractivity contribution in [2.75, 3.05) is 13.2 Å². The highest BCUT2D eigenvalue weighted by molar-refractivity contribution is 5.90. The van der Waals surface area contributed by atoms with E-state index in [-0.39, 0.29) is 13.2 Å². The smallest absolute Gasteiger partial charge is 0.401 e. The van der Waals surface area contributed by atoms with Crippen LogP contribution in [0.25, 0.3) is 0 Å². The maximum Gasteiger partial charge on any atom is 0.401 e. The summed E-state index contributed by atoms with van der Waals surface area (Å²) in [6.45, 7) is -0.802. The summed E-state index contributed by atoms with van der Waals surface area (Å²) in [6, 6.07) is 7.73. The van der Waals surface area contributed by atoms with E-state index in [1.54, 1.807) is 0 Å². The number of ether oxygens (including phenoxy) is 1. The maximum absolute atomic E-state index is 13.5. The van der Waals surface area contributed by atoms with Gasteiger partial charge in [0.2, 0.25) is 0 Å². The number of esters is 1. The summed E-state index contributed by atoms with van der Waals surface area (Å²) in [5, 5.41) is 12.5. The minimum atomic E-state index is -4.59. The summed E-state index contributed by atoms with van der Waals surface area (Å²) in [6.07, 6.45) is -6.87. The van der Waals surface area contributed by atoms with E-state index < -0.39 is 43.0 Å². The van der Waals surface area contributed by atoms with Crippen LogP contribution in [0.2, 0.25) is 0 Å². The predicted octanol–water partition coefficient (Wildman–Crippen LogP) is 3.89. The zero-order chi connectivity index (χ0) is 21.6. The second-order valence-corrected chi connectivity index (χ2v) is 6.02. The van der Waals surface area contributed by atoms with Crippen LogP contribution in [0.3, 0.4) is 0 Å². The normalized spacial score (nSPS) is 11.7. The zero-order valence-corrected chi connectivity index (χ0v) is 15.3. The Kier molecular flexibility index (Phi) is 7.28. The third kappa shape index (κ3) is 6.25. The lowest BCUT2D eigenvalue weighted by atomic mass is 10.1. The Labute approximate surface area is 163 Å². The summed E-state index contributed by atoms with van der Waals surface area (Å²) in [4.78, 5) is 12.7. The Balaban J connectivity index is 2.30. The average molecular weight is 416 g/mol. The highest BCUT2D eigenvalue weighted by Gasteiger charge is 2.32. The minimum Gasteiger partial charge on any atom is -0.462 e. The van der Waals surface area contributed by atoms with Gasteiger partial charge in [-0.05, 0) is 24.6 Å². The number of hydrogen-bond acceptors (Lipinski definition) is 5. The topological polar surface area (TPSA) is 71.2 Å². The van der Waals surface area contributed by atoms with Crippen LogP contribution in [0, 0.1) is 11.3 Å². The number of hydrogen-bond donors (Lipinski definition) is 0. The maximum atomic E-state index is 13.5. The second-order valence-electron chi connectivity index (χ2n) is 6.02. The van der Waals surface area contributed by atoms with Gasteiger partial charge in [0, 0.05) is 6.54 Å². The Morgan fingerprint density at radius 1 is 1.31 bits per heavy atom. The number of nitrogens with zero attached hydrogens (tertiary/aromatic N) is 4. The molecule has 2 rings (SSSR count). The van der Waals surface area contributed by atoms with Crippen molar-refractivity contribution in [3.05, 3.63) is 52.8 Å². The van der Waals surface area contributed by atoms with Crippen LogP contribution in [-0.4, -0.2) is 40.0 Å². The molecule has 0 aliphatic carbocycles. The average Bonchev–Trinajstić information content (AvgIpc) is 3.05. The number of alkyl halides is 5. The number of rotatable bonds is 8. The molecule has 0 radical (unpaired) electrons. The molecule has 1 aromatic heterocycles. The number of aromatic nitrogens is 2. The molecule has 156 valence electrons. The number of benzene rings is 1. The van der Waals surface area contributed by atoms with E-state index in [4.69, 9.17) is 5.26 Å². The summed E-state index contributed by atoms with van der Waals surface area (Å²) < 4.78 is 71.3. The van der Waals surface area contributed by atoms with Crippen molar-refractivity contribution < 1.29 is 31.5 Å². The van der Waals surface area contributed by atoms with Crippen LogP contribution >= 0.6 is 0 Å². The molecule has 0 saturated heterocycles. The number of halogens is 5. The van der Waals surface area contributed by atoms with Gasteiger partial charge in [-0.1, -0.05) is 12.1 Å². The molecule has 11 heteroatoms. The molecule has 0 aliphatic rings. The van der Waals surface area contributed by atoms with E-state index in [9.17, 15) is 26.7 Å². The first-order chi connectivity index (χ1) is 13.6. The van der Waals surface area contributed by atoms with Gasteiger partial charge < -0.3 is 4.74 Å². The van der Waals surface area contributed by atoms with Gasteiger partial charge in [-0.2, -0.15) is 23.5 Å². The van der Waals surface area contributed by atoms with Crippen LogP contribution in [0.15, 0.2) is 30.5 Å². The highest BCUT2D eigenvalue weighted by atomic mass is 19.4. The standard InChI is InChI=1S/C18H17F5N4O2/c1-2-29-17(28)14-8-25-27(15(14)16(19)20)11-26(10-18(21,22)23)9-13-5-3-12(7-24)4-6-13/h3-6,8,16H,2,9-11H2,1H3. The molecule has 6 nitrogen and oxygen atoms in total. The first kappa shape index (κ1) is 22.3. The van der Waals surface area contributed by atoms with Crippen molar-refractivity contribution >= 4 is 5.97 Å². The fourth-order valence-corrected chi connectivity index (χ4v) is 2.65. The summed E-state index contributed by atoms with van der Waals surface area (Å²) in [7, 11) is 0. The number of carbonyl (C=O) groups is 1. The van der Waals surface area contributed by atoms with Crippen molar-refractivity contribution in [3.63, 3.8) is 0 Å². The van der Waals surface area contributed by atoms with E-state index in [2.05, 4.69) is 9.84 Å². The van der Waals surface area contributed by atoms with Gasteiger partial charge in [-0.25, -0.2) is 18.3 Å². The fourth-order valence-electron chi connectivity index (χ4n) is 2.65. The van der Waals surface area contributed by atoms with E-state index in [1.807, 2.05) is 6.07 Å². The van der Waals surface area contributed by atoms with Gasteiger partial charge in [-0.15, -0.1) is 0 Å². The molecule has 2 aromatic rings. The molecule has 0 amide bonds. The van der Waals surface area contributed by atoms with Crippen LogP contribution in [0.1, 0.15) is 40.5 Å². The zero-order valence-electron chi connectivity index (χ0n) is 15.3. The molecular formula is C18H17F5N4O2. The van der Waals surface area contributed by atoms with Gasteiger partial charge in [0.25, 0.3) is 6.43 Å². The Morgan fingerprint density at radius 3 is 2.48 bits per heavy atom. The van der Waals surface area contributed by atoms with Crippen molar-refractivity contribution in [3.8, 4) is 6.07 Å². The molecule has 0 atom stereocenters. The van der Waals surface area contributed by atoms with Gasteiger partial charge in [0.15, 0.2) is 0 Å². The highest BCUT2D eigenvalue weighted by Crippen LogP contribution is 2.25. The molecule has 0 N–H and O–H groups in total. The molecule has 0 fully saturated rings. The van der Waals surface area contributed by atoms with Crippen LogP contribution in [-0.2, 0) is 18.0 Å². The van der Waals surface area contributed by atoms with Crippen molar-refractivity contribution in [1.29, 1.82) is 5.26 Å². The Bertz CT molecular complexity index is 872. The first-order valence-corrected chi connectivity index (χ1v) is 8.43. The molecule has 0 spiro atoms. The minimum absolute atomic E-state index is 0.0500. The van der Waals surface area contributed by atoms with Gasteiger partial charge in [-0.3, -0.25) is 4.90 Å². The SMILES string of the molecule is CCOC(=O)c1cnn(CN(Cc2ccc(C#N)cc2)CC(F)(F)F)c1C(F)F. The van der Waals surface area contributed by atoms with Crippen molar-refractivity contribution in [1.82, 2.24) is 14.7 Å². The van der Waals surface area contributed by atoms with Gasteiger partial charge in [0.1, 0.15) is 11.3 Å². The van der Waals surface area contributed by atoms with E-state index in [0.717, 1.165) is 11.1 Å². The molecule has 1 heterocycles. The van der Waals surface area contributed by atoms with Gasteiger partial charge >= 0.3 is 12.1 Å². The van der Waals surface area contributed by atoms with Crippen molar-refractivity contribution in [2.45, 2.75) is 32.7 Å². The van der Waals surface area contributed by atoms with Crippen LogP contribution in [0.5, 0.6) is 0 Å². The number of carbonyl (C=O) groups excluding carboxylic acids is 1. The summed E-state index contributed by atoms with van der Waals surface area (Å²) >= 11 is 0. The fraction of sp³-hybridized carbons (Fsp3) is 0.389. The van der Waals surface area contributed by atoms with E-state index in [0.29, 0.717) is 15.8 Å². The van der Waals surface area contributed by atoms with Crippen LogP contribution < -0.4 is 0 Å². The van der Waals surface area contributed by atoms with E-state index >= 15 is 0 Å². The first-order valence-electron chi connectivity index (χ1n) is 8.43. The predicted molar refractivity (Wildman–Crippen MR) is 90.8 cm³/mol. The monoisotopic (exact) mass is 416 g/mol. The quantitative estimate of drug-likeness (QED) is 0.482. The molecule has 0 bridgehead atoms. The summed E-state index contributed by atoms with van der Waals surface area (Å²) in [5.74, 6) is -1.02. The molecule has 0 aliphatic heterocycles. The van der Waals surface area contributed by atoms with Crippen LogP contribution in [0.4, 0.5) is 22.0 Å². The lowest BCUT2D eigenvalue weighted by molar-refractivity contribution is -0.151. The lowest BCUT2D eigenvalue weighted by Gasteiger charge is -2.24. The summed E-state index contributed by atoms with van der Waals surface area (Å²) in [5.41, 5.74) is -0.519. The van der Waals surface area contributed by atoms with Gasteiger partial charge in [0.05, 0.1) is 37.6 Å². The molecule has 0 saturated carbocycles. The largest absolute Gasteiger partial charge is 0.462 e. The van der Waals surface area contributed by atoms with E-state index in [1.165, 1.54) is 31.2 Å². The number of nitriles is 1.